The molecule has 122 valence electrons. The van der Waals surface area contributed by atoms with Gasteiger partial charge < -0.3 is 10.6 Å². The Balaban J connectivity index is 1.61. The van der Waals surface area contributed by atoms with Crippen molar-refractivity contribution in [1.29, 1.82) is 0 Å². The molecule has 4 heteroatoms. The number of halogens is 1. The van der Waals surface area contributed by atoms with Crippen LogP contribution < -0.4 is 10.6 Å². The molecule has 0 heterocycles. The predicted molar refractivity (Wildman–Crippen MR) is 90.6 cm³/mol. The number of amides is 1. The molecule has 0 aliphatic rings. The second-order valence-electron chi connectivity index (χ2n) is 5.56. The Morgan fingerprint density at radius 3 is 2.43 bits per heavy atom. The molecule has 0 bridgehead atoms. The molecule has 0 aliphatic carbocycles. The minimum atomic E-state index is -0.239. The molecule has 0 saturated heterocycles. The fraction of sp³-hybridized carbons (Fsp3) is 0.316. The molecule has 0 aliphatic heterocycles. The van der Waals surface area contributed by atoms with Gasteiger partial charge in [0.25, 0.3) is 0 Å². The van der Waals surface area contributed by atoms with Crippen LogP contribution in [0, 0.1) is 5.82 Å². The fourth-order valence-corrected chi connectivity index (χ4v) is 2.35. The summed E-state index contributed by atoms with van der Waals surface area (Å²) in [5.74, 6) is -0.212. The van der Waals surface area contributed by atoms with Gasteiger partial charge in [0, 0.05) is 25.6 Å². The molecule has 2 rings (SSSR count). The van der Waals surface area contributed by atoms with Gasteiger partial charge in [0.05, 0.1) is 0 Å². The Labute approximate surface area is 136 Å². The third kappa shape index (κ3) is 6.20. The Bertz CT molecular complexity index is 599. The molecular formula is C19H23FN2O. The summed E-state index contributed by atoms with van der Waals surface area (Å²) in [4.78, 5) is 11.8. The monoisotopic (exact) mass is 314 g/mol. The first-order chi connectivity index (χ1) is 11.1. The van der Waals surface area contributed by atoms with Crippen LogP contribution in [0.25, 0.3) is 0 Å². The molecule has 1 atom stereocenters. The Kier molecular flexibility index (Phi) is 6.76. The van der Waals surface area contributed by atoms with Crippen molar-refractivity contribution in [2.75, 3.05) is 13.1 Å². The third-order valence-corrected chi connectivity index (χ3v) is 3.75. The van der Waals surface area contributed by atoms with Crippen molar-refractivity contribution >= 4 is 5.91 Å². The average Bonchev–Trinajstić information content (AvgIpc) is 2.57. The van der Waals surface area contributed by atoms with Gasteiger partial charge in [-0.3, -0.25) is 4.79 Å². The van der Waals surface area contributed by atoms with Crippen LogP contribution in [-0.4, -0.2) is 19.0 Å². The lowest BCUT2D eigenvalue weighted by Crippen LogP contribution is -2.30. The van der Waals surface area contributed by atoms with Gasteiger partial charge in [-0.1, -0.05) is 42.5 Å². The summed E-state index contributed by atoms with van der Waals surface area (Å²) >= 11 is 0. The van der Waals surface area contributed by atoms with Crippen LogP contribution in [0.3, 0.4) is 0 Å². The molecule has 3 nitrogen and oxygen atoms in total. The van der Waals surface area contributed by atoms with E-state index in [4.69, 9.17) is 0 Å². The van der Waals surface area contributed by atoms with E-state index in [0.29, 0.717) is 25.9 Å². The van der Waals surface area contributed by atoms with E-state index in [2.05, 4.69) is 29.7 Å². The Morgan fingerprint density at radius 2 is 1.74 bits per heavy atom. The lowest BCUT2D eigenvalue weighted by molar-refractivity contribution is -0.120. The van der Waals surface area contributed by atoms with Gasteiger partial charge >= 0.3 is 0 Å². The number of benzene rings is 2. The van der Waals surface area contributed by atoms with E-state index < -0.39 is 0 Å². The highest BCUT2D eigenvalue weighted by Gasteiger charge is 2.05. The van der Waals surface area contributed by atoms with Gasteiger partial charge in [-0.15, -0.1) is 0 Å². The highest BCUT2D eigenvalue weighted by molar-refractivity contribution is 5.76. The molecule has 0 saturated carbocycles. The van der Waals surface area contributed by atoms with Crippen molar-refractivity contribution in [2.45, 2.75) is 25.8 Å². The van der Waals surface area contributed by atoms with Gasteiger partial charge in [-0.2, -0.15) is 0 Å². The average molecular weight is 314 g/mol. The topological polar surface area (TPSA) is 41.1 Å². The van der Waals surface area contributed by atoms with Gasteiger partial charge in [0.15, 0.2) is 0 Å². The molecule has 0 radical (unpaired) electrons. The number of hydrogen-bond acceptors (Lipinski definition) is 2. The van der Waals surface area contributed by atoms with Crippen LogP contribution in [-0.2, 0) is 11.2 Å². The molecule has 0 spiro atoms. The summed E-state index contributed by atoms with van der Waals surface area (Å²) < 4.78 is 12.8. The van der Waals surface area contributed by atoms with Crippen molar-refractivity contribution < 1.29 is 9.18 Å². The number of hydrogen-bond donors (Lipinski definition) is 2. The highest BCUT2D eigenvalue weighted by atomic mass is 19.1. The van der Waals surface area contributed by atoms with Crippen molar-refractivity contribution in [1.82, 2.24) is 10.6 Å². The molecular weight excluding hydrogens is 291 g/mol. The second kappa shape index (κ2) is 9.06. The van der Waals surface area contributed by atoms with E-state index in [1.54, 1.807) is 12.1 Å². The molecule has 23 heavy (non-hydrogen) atoms. The smallest absolute Gasteiger partial charge is 0.221 e. The lowest BCUT2D eigenvalue weighted by Gasteiger charge is -2.14. The number of carbonyl (C=O) groups excluding carboxylic acids is 1. The number of carbonyl (C=O) groups is 1. The van der Waals surface area contributed by atoms with Crippen LogP contribution in [0.1, 0.15) is 30.5 Å². The maximum atomic E-state index is 12.8. The molecule has 1 amide bonds. The normalized spacial score (nSPS) is 11.9. The predicted octanol–water partition coefficient (Wildman–Crippen LogP) is 3.23. The quantitative estimate of drug-likeness (QED) is 0.785. The van der Waals surface area contributed by atoms with Gasteiger partial charge in [0.2, 0.25) is 5.91 Å². The van der Waals surface area contributed by atoms with E-state index in [0.717, 1.165) is 5.56 Å². The first-order valence-electron chi connectivity index (χ1n) is 7.94. The first-order valence-corrected chi connectivity index (χ1v) is 7.94. The van der Waals surface area contributed by atoms with Gasteiger partial charge in [-0.25, -0.2) is 4.39 Å². The molecule has 2 N–H and O–H groups in total. The van der Waals surface area contributed by atoms with Crippen molar-refractivity contribution in [3.63, 3.8) is 0 Å². The summed E-state index contributed by atoms with van der Waals surface area (Å²) in [6.07, 6.45) is 1.15. The molecule has 0 aromatic heterocycles. The summed E-state index contributed by atoms with van der Waals surface area (Å²) in [6.45, 7) is 3.29. The maximum absolute atomic E-state index is 12.8. The van der Waals surface area contributed by atoms with Crippen molar-refractivity contribution in [2.24, 2.45) is 0 Å². The zero-order valence-electron chi connectivity index (χ0n) is 13.4. The summed E-state index contributed by atoms with van der Waals surface area (Å²) in [6, 6.07) is 16.7. The number of rotatable bonds is 8. The van der Waals surface area contributed by atoms with Crippen molar-refractivity contribution in [3.8, 4) is 0 Å². The SMILES string of the molecule is CC(NCCC(=O)NCCc1ccc(F)cc1)c1ccccc1. The minimum absolute atomic E-state index is 0.0277. The highest BCUT2D eigenvalue weighted by Crippen LogP contribution is 2.10. The van der Waals surface area contributed by atoms with Gasteiger partial charge in [0.1, 0.15) is 5.82 Å². The van der Waals surface area contributed by atoms with Gasteiger partial charge in [-0.05, 0) is 36.6 Å². The summed E-state index contributed by atoms with van der Waals surface area (Å²) in [5.41, 5.74) is 2.23. The van der Waals surface area contributed by atoms with E-state index >= 15 is 0 Å². The largest absolute Gasteiger partial charge is 0.356 e. The molecule has 2 aromatic rings. The Hall–Kier alpha value is -2.20. The van der Waals surface area contributed by atoms with E-state index in [9.17, 15) is 9.18 Å². The van der Waals surface area contributed by atoms with Crippen LogP contribution >= 0.6 is 0 Å². The zero-order valence-corrected chi connectivity index (χ0v) is 13.4. The number of nitrogens with one attached hydrogen (secondary N) is 2. The fourth-order valence-electron chi connectivity index (χ4n) is 2.35. The maximum Gasteiger partial charge on any atom is 0.221 e. The summed E-state index contributed by atoms with van der Waals surface area (Å²) in [7, 11) is 0. The minimum Gasteiger partial charge on any atom is -0.356 e. The molecule has 2 aromatic carbocycles. The molecule has 1 unspecified atom stereocenters. The first kappa shape index (κ1) is 17.2. The lowest BCUT2D eigenvalue weighted by atomic mass is 10.1. The second-order valence-corrected chi connectivity index (χ2v) is 5.56. The van der Waals surface area contributed by atoms with E-state index in [-0.39, 0.29) is 17.8 Å². The summed E-state index contributed by atoms with van der Waals surface area (Å²) in [5, 5.41) is 6.23. The van der Waals surface area contributed by atoms with Crippen molar-refractivity contribution in [3.05, 3.63) is 71.5 Å². The molecule has 0 fully saturated rings. The van der Waals surface area contributed by atoms with Crippen LogP contribution in [0.2, 0.25) is 0 Å². The van der Waals surface area contributed by atoms with E-state index in [1.807, 2.05) is 18.2 Å². The standard InChI is InChI=1S/C19H23FN2O/c1-15(17-5-3-2-4-6-17)21-14-12-19(23)22-13-11-16-7-9-18(20)10-8-16/h2-10,15,21H,11-14H2,1H3,(H,22,23). The van der Waals surface area contributed by atoms with Crippen LogP contribution in [0.15, 0.2) is 54.6 Å². The zero-order chi connectivity index (χ0) is 16.5. The van der Waals surface area contributed by atoms with Crippen LogP contribution in [0.5, 0.6) is 0 Å². The third-order valence-electron chi connectivity index (χ3n) is 3.75. The van der Waals surface area contributed by atoms with Crippen LogP contribution in [0.4, 0.5) is 4.39 Å². The van der Waals surface area contributed by atoms with E-state index in [1.165, 1.54) is 17.7 Å². The Morgan fingerprint density at radius 1 is 1.04 bits per heavy atom.